The van der Waals surface area contributed by atoms with Gasteiger partial charge in [-0.1, -0.05) is 18.2 Å². The van der Waals surface area contributed by atoms with E-state index in [-0.39, 0.29) is 27.5 Å². The van der Waals surface area contributed by atoms with E-state index < -0.39 is 30.1 Å². The van der Waals surface area contributed by atoms with Gasteiger partial charge < -0.3 is 15.3 Å². The molecule has 0 spiro atoms. The van der Waals surface area contributed by atoms with Crippen LogP contribution < -0.4 is 10.8 Å². The van der Waals surface area contributed by atoms with Crippen LogP contribution in [0.25, 0.3) is 0 Å². The van der Waals surface area contributed by atoms with Crippen LogP contribution >= 0.6 is 24.0 Å². The van der Waals surface area contributed by atoms with Gasteiger partial charge in [-0.15, -0.1) is 12.4 Å². The minimum absolute atomic E-state index is 0. The highest BCUT2D eigenvalue weighted by atomic mass is 35.5. The lowest BCUT2D eigenvalue weighted by Crippen LogP contribution is -2.43. The second-order valence-corrected chi connectivity index (χ2v) is 5.67. The van der Waals surface area contributed by atoms with Crippen LogP contribution in [-0.4, -0.2) is 32.2 Å². The van der Waals surface area contributed by atoms with Crippen LogP contribution in [0, 0.1) is 0 Å². The molecule has 1 aromatic carbocycles. The first-order chi connectivity index (χ1) is 8.48. The zero-order chi connectivity index (χ0) is 15.0. The van der Waals surface area contributed by atoms with Gasteiger partial charge in [0.05, 0.1) is 43.5 Å². The van der Waals surface area contributed by atoms with Crippen LogP contribution in [0.1, 0.15) is 17.2 Å². The molecule has 0 saturated heterocycles. The quantitative estimate of drug-likeness (QED) is 0.682. The third-order valence-electron chi connectivity index (χ3n) is 2.93. The highest BCUT2D eigenvalue weighted by Gasteiger charge is 2.35. The highest BCUT2D eigenvalue weighted by molar-refractivity contribution is 6.33. The van der Waals surface area contributed by atoms with Crippen molar-refractivity contribution in [2.45, 2.75) is 12.2 Å². The van der Waals surface area contributed by atoms with E-state index in [1.807, 2.05) is 0 Å². The van der Waals surface area contributed by atoms with Gasteiger partial charge in [0.25, 0.3) is 0 Å². The maximum absolute atomic E-state index is 12.9. The van der Waals surface area contributed by atoms with Crippen molar-refractivity contribution in [3.05, 3.63) is 28.3 Å². The summed E-state index contributed by atoms with van der Waals surface area (Å²) in [6.07, 6.45) is -4.60. The molecule has 0 amide bonds. The summed E-state index contributed by atoms with van der Waals surface area (Å²) < 4.78 is 38.8. The van der Waals surface area contributed by atoms with Crippen molar-refractivity contribution in [2.75, 3.05) is 33.5 Å². The largest absolute Gasteiger partial charge is 0.850 e. The van der Waals surface area contributed by atoms with Crippen molar-refractivity contribution < 1.29 is 22.8 Å². The van der Waals surface area contributed by atoms with Gasteiger partial charge in [0.15, 0.2) is 0 Å². The van der Waals surface area contributed by atoms with Gasteiger partial charge in [0.2, 0.25) is 0 Å². The molecule has 0 aliphatic heterocycles. The number of rotatable bonds is 3. The lowest BCUT2D eigenvalue weighted by atomic mass is 10.0. The molecule has 116 valence electrons. The standard InChI is InChI=1S/C12H16ClF3N2O.ClH/c1-18(2,3)10(6-19)7-4-8(12(14,15)16)11(17)9(13)5-7;/h4-5,10H,6,17H2,1-3H3;1H. The molecule has 0 aliphatic carbocycles. The van der Waals surface area contributed by atoms with Gasteiger partial charge in [0, 0.05) is 5.56 Å². The van der Waals surface area contributed by atoms with E-state index in [2.05, 4.69) is 0 Å². The smallest absolute Gasteiger partial charge is 0.418 e. The van der Waals surface area contributed by atoms with Crippen molar-refractivity contribution in [1.29, 1.82) is 0 Å². The molecule has 1 rings (SSSR count). The van der Waals surface area contributed by atoms with E-state index >= 15 is 0 Å². The van der Waals surface area contributed by atoms with Crippen LogP contribution in [0.3, 0.4) is 0 Å². The summed E-state index contributed by atoms with van der Waals surface area (Å²) in [5, 5.41) is 11.1. The Morgan fingerprint density at radius 1 is 1.30 bits per heavy atom. The van der Waals surface area contributed by atoms with Gasteiger partial charge >= 0.3 is 6.18 Å². The minimum atomic E-state index is -4.60. The Bertz CT molecular complexity index is 473. The average Bonchev–Trinajstić information content (AvgIpc) is 2.20. The molecule has 0 saturated carbocycles. The summed E-state index contributed by atoms with van der Waals surface area (Å²) in [6, 6.07) is 1.62. The lowest BCUT2D eigenvalue weighted by molar-refractivity contribution is -0.908. The lowest BCUT2D eigenvalue weighted by Gasteiger charge is -2.37. The van der Waals surface area contributed by atoms with Crippen molar-refractivity contribution >= 4 is 29.7 Å². The first-order valence-corrected chi connectivity index (χ1v) is 5.91. The fraction of sp³-hybridized carbons (Fsp3) is 0.500. The van der Waals surface area contributed by atoms with Crippen LogP contribution in [0.5, 0.6) is 0 Å². The van der Waals surface area contributed by atoms with Crippen molar-refractivity contribution in [2.24, 2.45) is 0 Å². The number of anilines is 1. The number of nitrogens with zero attached hydrogens (tertiary/aromatic N) is 1. The maximum Gasteiger partial charge on any atom is 0.418 e. The van der Waals surface area contributed by atoms with Gasteiger partial charge in [0.1, 0.15) is 0 Å². The molecule has 0 aromatic heterocycles. The van der Waals surface area contributed by atoms with Gasteiger partial charge in [-0.2, -0.15) is 13.2 Å². The Labute approximate surface area is 127 Å². The summed E-state index contributed by atoms with van der Waals surface area (Å²) in [6.45, 7) is -0.541. The predicted octanol–water partition coefficient (Wildman–Crippen LogP) is 2.47. The molecule has 0 fully saturated rings. The van der Waals surface area contributed by atoms with Gasteiger partial charge in [-0.3, -0.25) is 0 Å². The molecule has 1 unspecified atom stereocenters. The Morgan fingerprint density at radius 3 is 2.15 bits per heavy atom. The van der Waals surface area contributed by atoms with Crippen molar-refractivity contribution in [3.8, 4) is 0 Å². The molecule has 3 nitrogen and oxygen atoms in total. The summed E-state index contributed by atoms with van der Waals surface area (Å²) in [5.41, 5.74) is 4.09. The van der Waals surface area contributed by atoms with E-state index in [0.29, 0.717) is 0 Å². The number of quaternary nitrogens is 1. The number of alkyl halides is 3. The van der Waals surface area contributed by atoms with Crippen LogP contribution in [0.15, 0.2) is 12.1 Å². The first-order valence-electron chi connectivity index (χ1n) is 5.53. The molecule has 8 heteroatoms. The summed E-state index contributed by atoms with van der Waals surface area (Å²) in [4.78, 5) is 0. The third kappa shape index (κ3) is 4.15. The fourth-order valence-corrected chi connectivity index (χ4v) is 2.06. The van der Waals surface area contributed by atoms with E-state index in [9.17, 15) is 18.3 Å². The monoisotopic (exact) mass is 332 g/mol. The molecule has 0 heterocycles. The van der Waals surface area contributed by atoms with E-state index in [4.69, 9.17) is 17.3 Å². The SMILES string of the molecule is C[N+](C)(C)C(C[O-])c1cc(Cl)c(N)c(C(F)(F)F)c1.Cl. The average molecular weight is 333 g/mol. The second-order valence-electron chi connectivity index (χ2n) is 5.26. The van der Waals surface area contributed by atoms with Gasteiger partial charge in [-0.05, 0) is 12.1 Å². The molecule has 1 atom stereocenters. The zero-order valence-electron chi connectivity index (χ0n) is 11.3. The number of likely N-dealkylation sites (N-methyl/N-ethyl adjacent to an activating group) is 1. The molecule has 0 aliphatic rings. The number of benzene rings is 1. The second kappa shape index (κ2) is 6.39. The molecule has 0 radical (unpaired) electrons. The number of hydrogen-bond acceptors (Lipinski definition) is 2. The first kappa shape index (κ1) is 19.3. The van der Waals surface area contributed by atoms with Crippen LogP contribution in [0.4, 0.5) is 18.9 Å². The fourth-order valence-electron chi connectivity index (χ4n) is 1.83. The van der Waals surface area contributed by atoms with Crippen molar-refractivity contribution in [3.63, 3.8) is 0 Å². The zero-order valence-corrected chi connectivity index (χ0v) is 12.9. The molecular formula is C12H17Cl2F3N2O. The summed E-state index contributed by atoms with van der Waals surface area (Å²) in [5.74, 6) is 0. The molecule has 20 heavy (non-hydrogen) atoms. The normalized spacial score (nSPS) is 13.8. The number of nitrogen functional groups attached to an aromatic ring is 1. The Hall–Kier alpha value is -0.690. The Kier molecular flexibility index (Phi) is 6.17. The third-order valence-corrected chi connectivity index (χ3v) is 3.25. The molecular weight excluding hydrogens is 316 g/mol. The summed E-state index contributed by atoms with van der Waals surface area (Å²) in [7, 11) is 5.21. The molecule has 0 bridgehead atoms. The predicted molar refractivity (Wildman–Crippen MR) is 73.8 cm³/mol. The van der Waals surface area contributed by atoms with E-state index in [1.165, 1.54) is 6.07 Å². The number of hydrogen-bond donors (Lipinski definition) is 1. The minimum Gasteiger partial charge on any atom is -0.850 e. The Morgan fingerprint density at radius 2 is 1.80 bits per heavy atom. The van der Waals surface area contributed by atoms with E-state index in [1.54, 1.807) is 21.1 Å². The van der Waals surface area contributed by atoms with Crippen molar-refractivity contribution in [1.82, 2.24) is 0 Å². The maximum atomic E-state index is 12.9. The number of nitrogens with two attached hydrogens (primary N) is 1. The van der Waals surface area contributed by atoms with E-state index in [0.717, 1.165) is 6.07 Å². The van der Waals surface area contributed by atoms with Crippen LogP contribution in [-0.2, 0) is 6.18 Å². The Balaban J connectivity index is 0.00000361. The summed E-state index contributed by atoms with van der Waals surface area (Å²) >= 11 is 5.74. The van der Waals surface area contributed by atoms with Crippen LogP contribution in [0.2, 0.25) is 5.02 Å². The highest BCUT2D eigenvalue weighted by Crippen LogP contribution is 2.39. The molecule has 2 N–H and O–H groups in total. The molecule has 1 aromatic rings. The number of halogens is 5. The van der Waals surface area contributed by atoms with Gasteiger partial charge in [-0.25, -0.2) is 0 Å². The topological polar surface area (TPSA) is 49.1 Å².